The zero-order chi connectivity index (χ0) is 19.6. The molecule has 1 heterocycles. The smallest absolute Gasteiger partial charge is 0.332 e. The number of anilines is 1. The quantitative estimate of drug-likeness (QED) is 0.348. The highest BCUT2D eigenvalue weighted by Gasteiger charge is 2.28. The second-order valence-electron chi connectivity index (χ2n) is 5.51. The first kappa shape index (κ1) is 19.2. The minimum Gasteiger partial charge on any atom is -0.334 e. The van der Waals surface area contributed by atoms with Gasteiger partial charge in [-0.2, -0.15) is 4.68 Å². The third-order valence-electron chi connectivity index (χ3n) is 3.63. The van der Waals surface area contributed by atoms with Crippen molar-refractivity contribution in [2.45, 2.75) is 6.92 Å². The summed E-state index contributed by atoms with van der Waals surface area (Å²) in [5.41, 5.74) is 2.12. The van der Waals surface area contributed by atoms with Crippen molar-refractivity contribution >= 4 is 57.3 Å². The van der Waals surface area contributed by atoms with Crippen LogP contribution in [0.3, 0.4) is 0 Å². The van der Waals surface area contributed by atoms with Crippen LogP contribution in [0, 0.1) is 17.0 Å². The number of benzene rings is 2. The largest absolute Gasteiger partial charge is 0.334 e. The zero-order valence-electron chi connectivity index (χ0n) is 13.9. The second kappa shape index (κ2) is 7.96. The van der Waals surface area contributed by atoms with Gasteiger partial charge >= 0.3 is 5.70 Å². The van der Waals surface area contributed by atoms with E-state index < -0.39 is 20.1 Å². The van der Waals surface area contributed by atoms with Crippen molar-refractivity contribution in [3.63, 3.8) is 0 Å². The number of fused-ring (bicyclic) bond motifs is 1. The highest BCUT2D eigenvalue weighted by Crippen LogP contribution is 2.31. The van der Waals surface area contributed by atoms with Crippen molar-refractivity contribution in [1.29, 1.82) is 0 Å². The van der Waals surface area contributed by atoms with E-state index in [-0.39, 0.29) is 5.82 Å². The summed E-state index contributed by atoms with van der Waals surface area (Å²) in [4.78, 5) is 11.1. The van der Waals surface area contributed by atoms with Gasteiger partial charge in [-0.1, -0.05) is 64.3 Å². The highest BCUT2D eigenvalue weighted by atomic mass is 35.5. The van der Waals surface area contributed by atoms with Crippen LogP contribution in [0.15, 0.2) is 63.8 Å². The second-order valence-corrected chi connectivity index (χ2v) is 6.84. The van der Waals surface area contributed by atoms with Gasteiger partial charge in [-0.15, -0.1) is 5.10 Å². The van der Waals surface area contributed by atoms with E-state index in [0.29, 0.717) is 16.7 Å². The lowest BCUT2D eigenvalue weighted by molar-refractivity contribution is -0.419. The molecular formula is C17H12Cl3N5O2. The van der Waals surface area contributed by atoms with Crippen molar-refractivity contribution < 1.29 is 4.92 Å². The van der Waals surface area contributed by atoms with Crippen LogP contribution in [0.25, 0.3) is 16.9 Å². The van der Waals surface area contributed by atoms with E-state index in [1.807, 2.05) is 25.1 Å². The van der Waals surface area contributed by atoms with Gasteiger partial charge in [0.1, 0.15) is 10.0 Å². The molecule has 0 atom stereocenters. The van der Waals surface area contributed by atoms with Gasteiger partial charge in [0.25, 0.3) is 0 Å². The fraction of sp³-hybridized carbons (Fsp3) is 0.0588. The van der Waals surface area contributed by atoms with Gasteiger partial charge in [-0.25, -0.2) is 0 Å². The van der Waals surface area contributed by atoms with E-state index in [2.05, 4.69) is 15.6 Å². The Hall–Kier alpha value is -2.61. The number of nitro groups is 1. The molecule has 1 N–H and O–H groups in total. The van der Waals surface area contributed by atoms with Crippen molar-refractivity contribution in [1.82, 2.24) is 15.0 Å². The Morgan fingerprint density at radius 3 is 2.56 bits per heavy atom. The molecule has 7 nitrogen and oxygen atoms in total. The molecule has 0 radical (unpaired) electrons. The maximum atomic E-state index is 11.8. The normalized spacial score (nSPS) is 11.9. The first-order valence-corrected chi connectivity index (χ1v) is 8.76. The number of rotatable bonds is 5. The topological polar surface area (TPSA) is 85.9 Å². The van der Waals surface area contributed by atoms with Crippen LogP contribution in [-0.4, -0.2) is 19.9 Å². The molecule has 0 aliphatic heterocycles. The molecular weight excluding hydrogens is 413 g/mol. The summed E-state index contributed by atoms with van der Waals surface area (Å²) < 4.78 is 0.853. The predicted molar refractivity (Wildman–Crippen MR) is 107 cm³/mol. The molecule has 0 amide bonds. The number of halogens is 3. The summed E-state index contributed by atoms with van der Waals surface area (Å²) in [5, 5.41) is 22.4. The average Bonchev–Trinajstić information content (AvgIpc) is 3.04. The predicted octanol–water partition coefficient (Wildman–Crippen LogP) is 5.14. The third-order valence-corrected chi connectivity index (χ3v) is 4.56. The molecule has 1 aromatic heterocycles. The molecule has 0 fully saturated rings. The number of nitrogens with one attached hydrogen (secondary N) is 1. The number of allylic oxidation sites excluding steroid dienone is 1. The van der Waals surface area contributed by atoms with Crippen LogP contribution < -0.4 is 5.32 Å². The van der Waals surface area contributed by atoms with Gasteiger partial charge < -0.3 is 5.32 Å². The first-order valence-electron chi connectivity index (χ1n) is 7.63. The van der Waals surface area contributed by atoms with Gasteiger partial charge in [0, 0.05) is 5.69 Å². The summed E-state index contributed by atoms with van der Waals surface area (Å²) in [6, 6.07) is 14.3. The van der Waals surface area contributed by atoms with E-state index in [9.17, 15) is 10.1 Å². The van der Waals surface area contributed by atoms with Gasteiger partial charge in [0.05, 0.1) is 10.4 Å². The molecule has 0 bridgehead atoms. The number of aryl methyl sites for hydroxylation is 1. The number of hydrogen-bond donors (Lipinski definition) is 1. The highest BCUT2D eigenvalue weighted by molar-refractivity contribution is 6.59. The Labute approximate surface area is 169 Å². The Morgan fingerprint density at radius 2 is 1.89 bits per heavy atom. The molecule has 3 rings (SSSR count). The number of nitrogens with zero attached hydrogens (tertiary/aromatic N) is 4. The average molecular weight is 425 g/mol. The summed E-state index contributed by atoms with van der Waals surface area (Å²) in [6.07, 6.45) is 0. The minimum atomic E-state index is -0.679. The molecule has 0 saturated carbocycles. The van der Waals surface area contributed by atoms with Gasteiger partial charge in [-0.3, -0.25) is 10.1 Å². The monoisotopic (exact) mass is 423 g/mol. The number of para-hydroxylation sites is 1. The lowest BCUT2D eigenvalue weighted by Gasteiger charge is -2.13. The minimum absolute atomic E-state index is 0.0388. The van der Waals surface area contributed by atoms with Crippen LogP contribution in [0.1, 0.15) is 5.56 Å². The summed E-state index contributed by atoms with van der Waals surface area (Å²) in [6.45, 7) is 1.90. The number of aromatic nitrogens is 3. The first-order chi connectivity index (χ1) is 12.9. The maximum Gasteiger partial charge on any atom is 0.332 e. The Balaban J connectivity index is 2.30. The number of hydrogen-bond acceptors (Lipinski definition) is 5. The zero-order valence-corrected chi connectivity index (χ0v) is 16.1. The standard InChI is InChI=1S/C17H12Cl3N5O2/c1-10-5-4-6-11(9-10)21-17(15(25(26)27)14(18)16(19)20)24-13-8-3-2-7-12(13)22-23-24/h2-9,21H,1H3/b17-15+. The Bertz CT molecular complexity index is 1090. The van der Waals surface area contributed by atoms with Crippen molar-refractivity contribution in [3.8, 4) is 0 Å². The van der Waals surface area contributed by atoms with Gasteiger partial charge in [0.15, 0.2) is 5.03 Å². The third kappa shape index (κ3) is 4.05. The van der Waals surface area contributed by atoms with Crippen LogP contribution >= 0.6 is 34.8 Å². The van der Waals surface area contributed by atoms with Crippen LogP contribution in [-0.2, 0) is 0 Å². The molecule has 0 saturated heterocycles. The van der Waals surface area contributed by atoms with Gasteiger partial charge in [0.2, 0.25) is 5.82 Å². The molecule has 27 heavy (non-hydrogen) atoms. The fourth-order valence-corrected chi connectivity index (χ4v) is 2.80. The summed E-state index contributed by atoms with van der Waals surface area (Å²) >= 11 is 17.5. The SMILES string of the molecule is Cc1cccc(N/C(=C(/C(Cl)=C(Cl)Cl)[N+](=O)[O-])n2nnc3ccccc32)c1. The van der Waals surface area contributed by atoms with Crippen LogP contribution in [0.4, 0.5) is 5.69 Å². The lowest BCUT2D eigenvalue weighted by Crippen LogP contribution is -2.16. The summed E-state index contributed by atoms with van der Waals surface area (Å²) in [5.74, 6) is -0.0388. The maximum absolute atomic E-state index is 11.8. The van der Waals surface area contributed by atoms with Crippen LogP contribution in [0.5, 0.6) is 0 Å². The van der Waals surface area contributed by atoms with E-state index in [1.54, 1.807) is 30.3 Å². The van der Waals surface area contributed by atoms with Crippen molar-refractivity contribution in [3.05, 3.63) is 79.4 Å². The fourth-order valence-electron chi connectivity index (χ4n) is 2.47. The van der Waals surface area contributed by atoms with E-state index in [0.717, 1.165) is 5.56 Å². The molecule has 0 unspecified atom stereocenters. The molecule has 10 heteroatoms. The van der Waals surface area contributed by atoms with E-state index in [4.69, 9.17) is 34.8 Å². The van der Waals surface area contributed by atoms with E-state index in [1.165, 1.54) is 4.68 Å². The summed E-state index contributed by atoms with van der Waals surface area (Å²) in [7, 11) is 0. The van der Waals surface area contributed by atoms with Crippen LogP contribution in [0.2, 0.25) is 0 Å². The van der Waals surface area contributed by atoms with E-state index >= 15 is 0 Å². The molecule has 2 aromatic carbocycles. The Morgan fingerprint density at radius 1 is 1.15 bits per heavy atom. The Kier molecular flexibility index (Phi) is 5.65. The molecule has 0 spiro atoms. The molecule has 3 aromatic rings. The lowest BCUT2D eigenvalue weighted by atomic mass is 10.2. The van der Waals surface area contributed by atoms with Gasteiger partial charge in [-0.05, 0) is 36.8 Å². The molecule has 0 aliphatic carbocycles. The van der Waals surface area contributed by atoms with Crippen molar-refractivity contribution in [2.75, 3.05) is 5.32 Å². The van der Waals surface area contributed by atoms with Crippen molar-refractivity contribution in [2.24, 2.45) is 0 Å². The molecule has 138 valence electrons. The molecule has 0 aliphatic rings.